The maximum atomic E-state index is 4.68. The van der Waals surface area contributed by atoms with E-state index in [-0.39, 0.29) is 0 Å². The molecular weight excluding hydrogens is 358 g/mol. The molecule has 0 saturated heterocycles. The van der Waals surface area contributed by atoms with Crippen LogP contribution >= 0.6 is 0 Å². The fourth-order valence-electron chi connectivity index (χ4n) is 7.36. The van der Waals surface area contributed by atoms with Crippen molar-refractivity contribution in [3.05, 3.63) is 41.6 Å². The smallest absolute Gasteiger partial charge is 0.132 e. The summed E-state index contributed by atoms with van der Waals surface area (Å²) in [7, 11) is 2.13. The van der Waals surface area contributed by atoms with E-state index in [0.29, 0.717) is 5.41 Å². The standard InChI is InChI=1S/C24H33N5/c1-28-5-2-3-20(28)13-29-6-4-21-22(14-29)26-16-27-23(21)25-15-24-10-17-7-18(11-24)9-19(8-17)12-24/h2-3,5,16-19H,4,6-15H2,1H3,(H,25,26,27). The zero-order valence-electron chi connectivity index (χ0n) is 17.6. The number of aryl methyl sites for hydroxylation is 1. The van der Waals surface area contributed by atoms with Gasteiger partial charge >= 0.3 is 0 Å². The number of hydrogen-bond acceptors (Lipinski definition) is 4. The molecule has 0 spiro atoms. The zero-order chi connectivity index (χ0) is 19.4. The largest absolute Gasteiger partial charge is 0.369 e. The highest BCUT2D eigenvalue weighted by molar-refractivity contribution is 5.47. The van der Waals surface area contributed by atoms with Gasteiger partial charge in [-0.3, -0.25) is 4.90 Å². The second kappa shape index (κ2) is 6.83. The van der Waals surface area contributed by atoms with E-state index in [0.717, 1.165) is 56.2 Å². The van der Waals surface area contributed by atoms with Crippen LogP contribution in [-0.2, 0) is 26.6 Å². The van der Waals surface area contributed by atoms with Crippen molar-refractivity contribution in [3.63, 3.8) is 0 Å². The van der Waals surface area contributed by atoms with Gasteiger partial charge in [-0.15, -0.1) is 0 Å². The number of nitrogens with one attached hydrogen (secondary N) is 1. The fourth-order valence-corrected chi connectivity index (χ4v) is 7.36. The predicted octanol–water partition coefficient (Wildman–Crippen LogP) is 4.00. The third-order valence-corrected chi connectivity index (χ3v) is 8.32. The summed E-state index contributed by atoms with van der Waals surface area (Å²) in [5, 5.41) is 3.83. The van der Waals surface area contributed by atoms with E-state index in [1.807, 2.05) is 0 Å². The van der Waals surface area contributed by atoms with Gasteiger partial charge in [0.1, 0.15) is 12.1 Å². The van der Waals surface area contributed by atoms with Gasteiger partial charge in [-0.05, 0) is 80.2 Å². The zero-order valence-corrected chi connectivity index (χ0v) is 17.6. The quantitative estimate of drug-likeness (QED) is 0.837. The summed E-state index contributed by atoms with van der Waals surface area (Å²) < 4.78 is 2.22. The topological polar surface area (TPSA) is 46.0 Å². The number of rotatable bonds is 5. The third-order valence-electron chi connectivity index (χ3n) is 8.32. The lowest BCUT2D eigenvalue weighted by atomic mass is 9.49. The lowest BCUT2D eigenvalue weighted by Crippen LogP contribution is -2.49. The Hall–Kier alpha value is -1.88. The summed E-state index contributed by atoms with van der Waals surface area (Å²) in [4.78, 5) is 11.8. The lowest BCUT2D eigenvalue weighted by Gasteiger charge is -2.57. The van der Waals surface area contributed by atoms with Crippen molar-refractivity contribution in [1.82, 2.24) is 19.4 Å². The Morgan fingerprint density at radius 2 is 1.86 bits per heavy atom. The molecule has 29 heavy (non-hydrogen) atoms. The van der Waals surface area contributed by atoms with Gasteiger partial charge in [0.15, 0.2) is 0 Å². The van der Waals surface area contributed by atoms with Crippen molar-refractivity contribution < 1.29 is 0 Å². The van der Waals surface area contributed by atoms with Gasteiger partial charge in [-0.2, -0.15) is 0 Å². The van der Waals surface area contributed by atoms with E-state index in [4.69, 9.17) is 0 Å². The summed E-state index contributed by atoms with van der Waals surface area (Å²) in [6.45, 7) is 4.11. The van der Waals surface area contributed by atoms with Crippen molar-refractivity contribution in [2.75, 3.05) is 18.4 Å². The van der Waals surface area contributed by atoms with Crippen LogP contribution in [0.3, 0.4) is 0 Å². The fraction of sp³-hybridized carbons (Fsp3) is 0.667. The molecule has 0 amide bonds. The molecule has 4 fully saturated rings. The van der Waals surface area contributed by atoms with Crippen LogP contribution in [0.5, 0.6) is 0 Å². The second-order valence-electron chi connectivity index (χ2n) is 10.5. The van der Waals surface area contributed by atoms with E-state index in [2.05, 4.69) is 50.1 Å². The molecule has 5 nitrogen and oxygen atoms in total. The van der Waals surface area contributed by atoms with Crippen LogP contribution in [-0.4, -0.2) is 32.5 Å². The Kier molecular flexibility index (Phi) is 4.22. The molecule has 1 N–H and O–H groups in total. The number of hydrogen-bond donors (Lipinski definition) is 1. The molecule has 0 aromatic carbocycles. The van der Waals surface area contributed by atoms with E-state index < -0.39 is 0 Å². The molecule has 5 heteroatoms. The molecule has 154 valence electrons. The molecule has 0 unspecified atom stereocenters. The van der Waals surface area contributed by atoms with E-state index in [9.17, 15) is 0 Å². The summed E-state index contributed by atoms with van der Waals surface area (Å²) in [5.41, 5.74) is 4.48. The molecule has 4 saturated carbocycles. The van der Waals surface area contributed by atoms with E-state index in [1.54, 1.807) is 6.33 Å². The van der Waals surface area contributed by atoms with Crippen molar-refractivity contribution in [3.8, 4) is 0 Å². The summed E-state index contributed by atoms with van der Waals surface area (Å²) in [5.74, 6) is 4.14. The molecule has 2 aromatic heterocycles. The van der Waals surface area contributed by atoms with Gasteiger partial charge in [0.25, 0.3) is 0 Å². The minimum absolute atomic E-state index is 0.541. The maximum absolute atomic E-state index is 4.68. The first-order valence-electron chi connectivity index (χ1n) is 11.5. The molecule has 0 radical (unpaired) electrons. The van der Waals surface area contributed by atoms with Gasteiger partial charge in [0.05, 0.1) is 5.69 Å². The molecule has 5 aliphatic rings. The summed E-state index contributed by atoms with van der Waals surface area (Å²) in [6.07, 6.45) is 13.8. The van der Waals surface area contributed by atoms with Crippen LogP contribution in [0.4, 0.5) is 5.82 Å². The molecule has 4 aliphatic carbocycles. The average Bonchev–Trinajstić information content (AvgIpc) is 3.09. The first kappa shape index (κ1) is 17.9. The normalized spacial score (nSPS) is 33.1. The lowest BCUT2D eigenvalue weighted by molar-refractivity contribution is -0.0444. The SMILES string of the molecule is Cn1cccc1CN1CCc2c(ncnc2NCC23CC4CC(CC(C4)C2)C3)C1. The average molecular weight is 392 g/mol. The minimum Gasteiger partial charge on any atom is -0.369 e. The number of aromatic nitrogens is 3. The Labute approximate surface area is 173 Å². The minimum atomic E-state index is 0.541. The molecule has 7 rings (SSSR count). The van der Waals surface area contributed by atoms with Crippen LogP contribution in [0.2, 0.25) is 0 Å². The van der Waals surface area contributed by atoms with Crippen LogP contribution in [0, 0.1) is 23.2 Å². The van der Waals surface area contributed by atoms with Crippen LogP contribution in [0.1, 0.15) is 55.5 Å². The Balaban J connectivity index is 1.15. The van der Waals surface area contributed by atoms with Crippen molar-refractivity contribution >= 4 is 5.82 Å². The number of fused-ring (bicyclic) bond motifs is 1. The molecule has 3 heterocycles. The molecule has 0 atom stereocenters. The van der Waals surface area contributed by atoms with Crippen LogP contribution in [0.15, 0.2) is 24.7 Å². The first-order valence-corrected chi connectivity index (χ1v) is 11.5. The van der Waals surface area contributed by atoms with E-state index >= 15 is 0 Å². The predicted molar refractivity (Wildman–Crippen MR) is 114 cm³/mol. The van der Waals surface area contributed by atoms with Crippen molar-refractivity contribution in [1.29, 1.82) is 0 Å². The molecular formula is C24H33N5. The van der Waals surface area contributed by atoms with Crippen LogP contribution < -0.4 is 5.32 Å². The molecule has 2 aromatic rings. The summed E-state index contributed by atoms with van der Waals surface area (Å²) in [6, 6.07) is 4.34. The molecule has 1 aliphatic heterocycles. The van der Waals surface area contributed by atoms with Crippen LogP contribution in [0.25, 0.3) is 0 Å². The first-order chi connectivity index (χ1) is 14.2. The monoisotopic (exact) mass is 391 g/mol. The Morgan fingerprint density at radius 1 is 1.10 bits per heavy atom. The number of anilines is 1. The van der Waals surface area contributed by atoms with Gasteiger partial charge in [0, 0.05) is 50.7 Å². The highest BCUT2D eigenvalue weighted by atomic mass is 15.2. The maximum Gasteiger partial charge on any atom is 0.132 e. The Morgan fingerprint density at radius 3 is 2.55 bits per heavy atom. The van der Waals surface area contributed by atoms with Gasteiger partial charge in [0.2, 0.25) is 0 Å². The highest BCUT2D eigenvalue weighted by Gasteiger charge is 2.50. The molecule has 4 bridgehead atoms. The van der Waals surface area contributed by atoms with Crippen molar-refractivity contribution in [2.45, 2.75) is 58.0 Å². The van der Waals surface area contributed by atoms with Crippen molar-refractivity contribution in [2.24, 2.45) is 30.2 Å². The van der Waals surface area contributed by atoms with Gasteiger partial charge in [-0.25, -0.2) is 9.97 Å². The van der Waals surface area contributed by atoms with Gasteiger partial charge in [-0.1, -0.05) is 0 Å². The van der Waals surface area contributed by atoms with E-state index in [1.165, 1.54) is 55.5 Å². The highest BCUT2D eigenvalue weighted by Crippen LogP contribution is 2.59. The summed E-state index contributed by atoms with van der Waals surface area (Å²) >= 11 is 0. The second-order valence-corrected chi connectivity index (χ2v) is 10.5. The third kappa shape index (κ3) is 3.27. The van der Waals surface area contributed by atoms with Gasteiger partial charge < -0.3 is 9.88 Å². The number of nitrogens with zero attached hydrogens (tertiary/aromatic N) is 4. The Bertz CT molecular complexity index is 865.